The molecule has 1 aliphatic carbocycles. The normalized spacial score (nSPS) is 21.4. The molecule has 39 heavy (non-hydrogen) atoms. The molecule has 6 rings (SSSR count). The first kappa shape index (κ1) is 25.7. The van der Waals surface area contributed by atoms with Gasteiger partial charge in [-0.1, -0.05) is 12.1 Å². The van der Waals surface area contributed by atoms with Crippen molar-refractivity contribution in [3.63, 3.8) is 0 Å². The van der Waals surface area contributed by atoms with Gasteiger partial charge in [-0.3, -0.25) is 4.79 Å². The first-order chi connectivity index (χ1) is 18.9. The summed E-state index contributed by atoms with van der Waals surface area (Å²) in [6, 6.07) is 13.0. The summed E-state index contributed by atoms with van der Waals surface area (Å²) >= 11 is 0. The number of ether oxygens (including phenoxy) is 4. The van der Waals surface area contributed by atoms with Gasteiger partial charge in [0.25, 0.3) is 0 Å². The number of carboxylic acid groups (broad SMARTS) is 1. The average Bonchev–Trinajstić information content (AvgIpc) is 3.65. The quantitative estimate of drug-likeness (QED) is 0.349. The summed E-state index contributed by atoms with van der Waals surface area (Å²) in [5, 5.41) is 9.15. The van der Waals surface area contributed by atoms with E-state index >= 15 is 4.39 Å². The van der Waals surface area contributed by atoms with Crippen LogP contribution in [0, 0.1) is 19.7 Å². The first-order valence-electron chi connectivity index (χ1n) is 13.7. The van der Waals surface area contributed by atoms with E-state index in [2.05, 4.69) is 26.0 Å². The number of benzene rings is 3. The largest absolute Gasteiger partial charge is 0.492 e. The summed E-state index contributed by atoms with van der Waals surface area (Å²) in [5.74, 6) is 0.775. The maximum absolute atomic E-state index is 15.3. The molecular weight excluding hydrogens is 499 g/mol. The smallest absolute Gasteiger partial charge is 0.304 e. The Hall–Kier alpha value is -3.58. The van der Waals surface area contributed by atoms with E-state index in [4.69, 9.17) is 24.1 Å². The van der Waals surface area contributed by atoms with Crippen LogP contribution < -0.4 is 14.2 Å². The van der Waals surface area contributed by atoms with Crippen molar-refractivity contribution in [1.82, 2.24) is 0 Å². The predicted molar refractivity (Wildman–Crippen MR) is 144 cm³/mol. The molecule has 204 valence electrons. The third-order valence-electron chi connectivity index (χ3n) is 8.08. The maximum atomic E-state index is 15.3. The van der Waals surface area contributed by atoms with Crippen molar-refractivity contribution in [2.75, 3.05) is 19.8 Å². The van der Waals surface area contributed by atoms with Crippen LogP contribution in [0.5, 0.6) is 17.2 Å². The van der Waals surface area contributed by atoms with Crippen LogP contribution in [0.3, 0.4) is 0 Å². The molecule has 1 N–H and O–H groups in total. The number of hydrogen-bond acceptors (Lipinski definition) is 5. The van der Waals surface area contributed by atoms with Gasteiger partial charge >= 0.3 is 5.97 Å². The van der Waals surface area contributed by atoms with Gasteiger partial charge in [-0.05, 0) is 91.6 Å². The monoisotopic (exact) mass is 532 g/mol. The molecule has 3 aliphatic rings. The second-order valence-electron chi connectivity index (χ2n) is 10.8. The highest BCUT2D eigenvalue weighted by Crippen LogP contribution is 2.45. The number of halogens is 1. The number of aliphatic carboxylic acids is 1. The molecule has 6 nitrogen and oxygen atoms in total. The van der Waals surface area contributed by atoms with Crippen LogP contribution >= 0.6 is 0 Å². The van der Waals surface area contributed by atoms with Crippen molar-refractivity contribution >= 4 is 5.97 Å². The van der Waals surface area contributed by atoms with Gasteiger partial charge in [0.2, 0.25) is 0 Å². The van der Waals surface area contributed by atoms with Crippen LogP contribution in [-0.2, 0) is 16.0 Å². The zero-order valence-electron chi connectivity index (χ0n) is 22.3. The molecule has 0 bridgehead atoms. The zero-order chi connectivity index (χ0) is 27.1. The second-order valence-corrected chi connectivity index (χ2v) is 10.8. The van der Waals surface area contributed by atoms with Crippen LogP contribution in [0.2, 0.25) is 0 Å². The Labute approximate surface area is 227 Å². The molecule has 1 fully saturated rings. The minimum absolute atomic E-state index is 0.0259. The summed E-state index contributed by atoms with van der Waals surface area (Å²) in [5.41, 5.74) is 6.77. The van der Waals surface area contributed by atoms with E-state index in [1.807, 2.05) is 18.2 Å². The van der Waals surface area contributed by atoms with Crippen LogP contribution in [0.15, 0.2) is 42.5 Å². The minimum atomic E-state index is -0.850. The van der Waals surface area contributed by atoms with Gasteiger partial charge < -0.3 is 24.1 Å². The van der Waals surface area contributed by atoms with Gasteiger partial charge in [0.1, 0.15) is 35.8 Å². The van der Waals surface area contributed by atoms with Gasteiger partial charge in [0, 0.05) is 29.7 Å². The van der Waals surface area contributed by atoms with Gasteiger partial charge in [-0.25, -0.2) is 4.39 Å². The molecule has 0 saturated carbocycles. The Morgan fingerprint density at radius 1 is 1.08 bits per heavy atom. The maximum Gasteiger partial charge on any atom is 0.304 e. The average molecular weight is 533 g/mol. The highest BCUT2D eigenvalue weighted by molar-refractivity contribution is 5.76. The van der Waals surface area contributed by atoms with E-state index < -0.39 is 12.1 Å². The lowest BCUT2D eigenvalue weighted by atomic mass is 9.90. The Morgan fingerprint density at radius 3 is 2.64 bits per heavy atom. The van der Waals surface area contributed by atoms with Crippen molar-refractivity contribution in [2.45, 2.75) is 64.1 Å². The lowest BCUT2D eigenvalue weighted by Gasteiger charge is -2.19. The summed E-state index contributed by atoms with van der Waals surface area (Å²) in [6.45, 7) is 5.84. The van der Waals surface area contributed by atoms with Crippen LogP contribution in [-0.4, -0.2) is 37.0 Å². The number of aryl methyl sites for hydroxylation is 2. The third kappa shape index (κ3) is 5.08. The number of hydrogen-bond donors (Lipinski definition) is 1. The van der Waals surface area contributed by atoms with Crippen LogP contribution in [0.25, 0.3) is 11.1 Å². The molecule has 1 saturated heterocycles. The number of rotatable bonds is 8. The fraction of sp³-hybridized carbons (Fsp3) is 0.406. The highest BCUT2D eigenvalue weighted by atomic mass is 19.1. The predicted octanol–water partition coefficient (Wildman–Crippen LogP) is 6.68. The van der Waals surface area contributed by atoms with Crippen LogP contribution in [0.4, 0.5) is 4.39 Å². The molecule has 0 amide bonds. The topological polar surface area (TPSA) is 74.2 Å². The number of fused-ring (bicyclic) bond motifs is 2. The van der Waals surface area contributed by atoms with E-state index in [1.54, 1.807) is 12.1 Å². The van der Waals surface area contributed by atoms with Gasteiger partial charge in [-0.2, -0.15) is 0 Å². The molecule has 7 heteroatoms. The molecular formula is C32H33FO6. The fourth-order valence-corrected chi connectivity index (χ4v) is 6.30. The summed E-state index contributed by atoms with van der Waals surface area (Å²) in [6.07, 6.45) is 3.27. The molecule has 3 aromatic carbocycles. The van der Waals surface area contributed by atoms with Crippen LogP contribution in [0.1, 0.15) is 65.5 Å². The molecule has 3 aromatic rings. The summed E-state index contributed by atoms with van der Waals surface area (Å²) < 4.78 is 39.0. The molecule has 3 atom stereocenters. The Kier molecular flexibility index (Phi) is 6.94. The lowest BCUT2D eigenvalue weighted by Crippen LogP contribution is -2.16. The van der Waals surface area contributed by atoms with Gasteiger partial charge in [0.05, 0.1) is 19.1 Å². The standard InChI is InChI=1S/C32H33FO6/c1-18-12-23(37-17-22-4-3-11-36-22)13-19(2)31(18)25-7-9-27(33)32-26(25)8-10-28(32)39-21-5-6-24-20(14-30(34)35)16-38-29(24)15-21/h5-7,9,12-13,15,20,22,28H,3-4,8,10-11,14,16-17H2,1-2H3,(H,34,35). The van der Waals surface area contributed by atoms with Gasteiger partial charge in [-0.15, -0.1) is 0 Å². The Bertz CT molecular complexity index is 1390. The zero-order valence-corrected chi connectivity index (χ0v) is 22.3. The third-order valence-corrected chi connectivity index (χ3v) is 8.08. The second kappa shape index (κ2) is 10.5. The SMILES string of the molecule is Cc1cc(OCC2CCCO2)cc(C)c1-c1ccc(F)c2c1CCC2Oc1ccc2c(c1)OCC2CC(=O)O. The number of carboxylic acids is 1. The highest BCUT2D eigenvalue weighted by Gasteiger charge is 2.32. The van der Waals surface area contributed by atoms with Crippen molar-refractivity contribution in [2.24, 2.45) is 0 Å². The first-order valence-corrected chi connectivity index (χ1v) is 13.7. The van der Waals surface area contributed by atoms with Crippen molar-refractivity contribution in [1.29, 1.82) is 0 Å². The molecule has 2 aliphatic heterocycles. The molecule has 2 heterocycles. The van der Waals surface area contributed by atoms with Crippen molar-refractivity contribution < 1.29 is 33.2 Å². The summed E-state index contributed by atoms with van der Waals surface area (Å²) in [7, 11) is 0. The van der Waals surface area contributed by atoms with E-state index in [1.165, 1.54) is 0 Å². The van der Waals surface area contributed by atoms with Crippen molar-refractivity contribution in [3.8, 4) is 28.4 Å². The van der Waals surface area contributed by atoms with E-state index in [-0.39, 0.29) is 24.3 Å². The van der Waals surface area contributed by atoms with Crippen molar-refractivity contribution in [3.05, 3.63) is 76.1 Å². The molecule has 0 radical (unpaired) electrons. The van der Waals surface area contributed by atoms with E-state index in [9.17, 15) is 4.79 Å². The lowest BCUT2D eigenvalue weighted by molar-refractivity contribution is -0.137. The van der Waals surface area contributed by atoms with Gasteiger partial charge in [0.15, 0.2) is 0 Å². The molecule has 0 spiro atoms. The Morgan fingerprint density at radius 2 is 1.90 bits per heavy atom. The van der Waals surface area contributed by atoms with E-state index in [0.29, 0.717) is 43.1 Å². The molecule has 3 unspecified atom stereocenters. The molecule has 0 aromatic heterocycles. The fourth-order valence-electron chi connectivity index (χ4n) is 6.30. The number of carbonyl (C=O) groups is 1. The minimum Gasteiger partial charge on any atom is -0.492 e. The van der Waals surface area contributed by atoms with E-state index in [0.717, 1.165) is 58.6 Å². The summed E-state index contributed by atoms with van der Waals surface area (Å²) in [4.78, 5) is 11.2. The Balaban J connectivity index is 1.24.